The first-order chi connectivity index (χ1) is 18.9. The van der Waals surface area contributed by atoms with E-state index >= 15 is 0 Å². The molecule has 40 heavy (non-hydrogen) atoms. The first kappa shape index (κ1) is 29.5. The smallest absolute Gasteiger partial charge is 0.261 e. The van der Waals surface area contributed by atoms with E-state index in [1.54, 1.807) is 43.3 Å². The van der Waals surface area contributed by atoms with E-state index in [0.717, 1.165) is 0 Å². The maximum atomic E-state index is 13.6. The van der Waals surface area contributed by atoms with Crippen molar-refractivity contribution in [3.63, 3.8) is 0 Å². The lowest BCUT2D eigenvalue weighted by atomic mass is 9.99. The number of nitrogens with one attached hydrogen (secondary N) is 1. The van der Waals surface area contributed by atoms with Gasteiger partial charge in [-0.15, -0.1) is 0 Å². The highest BCUT2D eigenvalue weighted by Crippen LogP contribution is 2.32. The van der Waals surface area contributed by atoms with Gasteiger partial charge in [-0.3, -0.25) is 9.52 Å². The molecule has 0 aliphatic carbocycles. The normalized spacial score (nSPS) is 18.8. The average molecular weight is 588 g/mol. The van der Waals surface area contributed by atoms with Crippen LogP contribution in [0.5, 0.6) is 5.75 Å². The number of amides is 1. The lowest BCUT2D eigenvalue weighted by molar-refractivity contribution is 0.0387. The number of aliphatic hydroxyl groups is 1. The molecule has 3 aromatic rings. The van der Waals surface area contributed by atoms with Crippen molar-refractivity contribution in [3.05, 3.63) is 84.4 Å². The van der Waals surface area contributed by atoms with Crippen LogP contribution in [-0.2, 0) is 20.0 Å². The number of aliphatic hydroxyl groups excluding tert-OH is 1. The molecule has 3 aromatic carbocycles. The van der Waals surface area contributed by atoms with E-state index in [1.165, 1.54) is 58.7 Å². The first-order valence-electron chi connectivity index (χ1n) is 12.8. The van der Waals surface area contributed by atoms with Crippen molar-refractivity contribution < 1.29 is 31.5 Å². The predicted octanol–water partition coefficient (Wildman–Crippen LogP) is 3.03. The SMILES string of the molecule is C[C@H](CO)N1C[C@H](C)[C@@H](CN(C)S(=O)(=O)c2ccccc2)Oc2ccc(NS(=O)(=O)c3ccccc3)cc2C1=O. The van der Waals surface area contributed by atoms with E-state index in [2.05, 4.69) is 4.72 Å². The van der Waals surface area contributed by atoms with Gasteiger partial charge in [0.2, 0.25) is 10.0 Å². The molecule has 0 fully saturated rings. The van der Waals surface area contributed by atoms with Crippen LogP contribution >= 0.6 is 0 Å². The van der Waals surface area contributed by atoms with Crippen LogP contribution in [0.4, 0.5) is 5.69 Å². The van der Waals surface area contributed by atoms with Gasteiger partial charge in [0.1, 0.15) is 11.9 Å². The minimum absolute atomic E-state index is 0.00421. The quantitative estimate of drug-likeness (QED) is 0.393. The van der Waals surface area contributed by atoms with Gasteiger partial charge < -0.3 is 14.7 Å². The number of benzene rings is 3. The third kappa shape index (κ3) is 6.30. The maximum absolute atomic E-state index is 13.6. The van der Waals surface area contributed by atoms with E-state index in [9.17, 15) is 26.7 Å². The summed E-state index contributed by atoms with van der Waals surface area (Å²) in [5, 5.41) is 9.87. The van der Waals surface area contributed by atoms with Gasteiger partial charge in [-0.2, -0.15) is 4.31 Å². The van der Waals surface area contributed by atoms with E-state index in [1.807, 2.05) is 6.92 Å². The zero-order valence-corrected chi connectivity index (χ0v) is 24.1. The molecule has 10 nitrogen and oxygen atoms in total. The molecule has 2 N–H and O–H groups in total. The second kappa shape index (κ2) is 12.0. The zero-order valence-electron chi connectivity index (χ0n) is 22.5. The maximum Gasteiger partial charge on any atom is 0.261 e. The van der Waals surface area contributed by atoms with Crippen molar-refractivity contribution in [1.29, 1.82) is 0 Å². The Hall–Kier alpha value is -3.45. The zero-order chi connectivity index (χ0) is 29.1. The summed E-state index contributed by atoms with van der Waals surface area (Å²) in [5.41, 5.74) is 0.254. The number of hydrogen-bond acceptors (Lipinski definition) is 7. The van der Waals surface area contributed by atoms with Crippen LogP contribution in [0.15, 0.2) is 88.7 Å². The number of fused-ring (bicyclic) bond motifs is 1. The number of carbonyl (C=O) groups is 1. The lowest BCUT2D eigenvalue weighted by Gasteiger charge is -2.38. The van der Waals surface area contributed by atoms with Gasteiger partial charge in [-0.05, 0) is 49.4 Å². The molecule has 1 aliphatic heterocycles. The highest BCUT2D eigenvalue weighted by Gasteiger charge is 2.35. The topological polar surface area (TPSA) is 133 Å². The molecule has 12 heteroatoms. The fourth-order valence-corrected chi connectivity index (χ4v) is 6.72. The standard InChI is InChI=1S/C28H33N3O7S2/c1-20-17-31(21(2)19-32)28(33)25-16-22(29-39(34,35)23-10-6-4-7-11-23)14-15-26(25)38-27(20)18-30(3)40(36,37)24-12-8-5-9-13-24/h4-16,20-21,27,29,32H,17-19H2,1-3H3/t20-,21+,27+/m0/s1. The number of nitrogens with zero attached hydrogens (tertiary/aromatic N) is 2. The summed E-state index contributed by atoms with van der Waals surface area (Å²) in [7, 11) is -6.25. The van der Waals surface area contributed by atoms with E-state index in [4.69, 9.17) is 4.74 Å². The van der Waals surface area contributed by atoms with Crippen LogP contribution in [0.25, 0.3) is 0 Å². The summed E-state index contributed by atoms with van der Waals surface area (Å²) in [6, 6.07) is 19.7. The van der Waals surface area contributed by atoms with Crippen LogP contribution < -0.4 is 9.46 Å². The monoisotopic (exact) mass is 587 g/mol. The molecule has 0 saturated heterocycles. The van der Waals surface area contributed by atoms with Crippen molar-refractivity contribution in [2.45, 2.75) is 35.8 Å². The van der Waals surface area contributed by atoms with Crippen molar-refractivity contribution in [2.75, 3.05) is 31.5 Å². The van der Waals surface area contributed by atoms with Crippen molar-refractivity contribution in [3.8, 4) is 5.75 Å². The number of hydrogen-bond donors (Lipinski definition) is 2. The first-order valence-corrected chi connectivity index (χ1v) is 15.7. The van der Waals surface area contributed by atoms with Gasteiger partial charge in [0, 0.05) is 25.2 Å². The van der Waals surface area contributed by atoms with Crippen molar-refractivity contribution >= 4 is 31.6 Å². The van der Waals surface area contributed by atoms with Gasteiger partial charge in [-0.25, -0.2) is 16.8 Å². The molecule has 1 heterocycles. The van der Waals surface area contributed by atoms with Gasteiger partial charge in [-0.1, -0.05) is 43.3 Å². The molecular formula is C28H33N3O7S2. The molecule has 0 aromatic heterocycles. The Bertz CT molecular complexity index is 1550. The summed E-state index contributed by atoms with van der Waals surface area (Å²) >= 11 is 0. The Morgan fingerprint density at radius 1 is 1.00 bits per heavy atom. The molecule has 0 bridgehead atoms. The van der Waals surface area contributed by atoms with Crippen LogP contribution in [0, 0.1) is 5.92 Å². The minimum atomic E-state index is -3.92. The van der Waals surface area contributed by atoms with Gasteiger partial charge in [0.25, 0.3) is 15.9 Å². The Morgan fingerprint density at radius 2 is 1.60 bits per heavy atom. The van der Waals surface area contributed by atoms with Crippen molar-refractivity contribution in [1.82, 2.24) is 9.21 Å². The number of carbonyl (C=O) groups excluding carboxylic acids is 1. The molecule has 0 unspecified atom stereocenters. The molecule has 1 aliphatic rings. The van der Waals surface area contributed by atoms with Crippen LogP contribution in [0.1, 0.15) is 24.2 Å². The number of anilines is 1. The van der Waals surface area contributed by atoms with Gasteiger partial charge in [0.15, 0.2) is 0 Å². The fourth-order valence-electron chi connectivity index (χ4n) is 4.44. The summed E-state index contributed by atoms with van der Waals surface area (Å²) in [6.45, 7) is 3.45. The summed E-state index contributed by atoms with van der Waals surface area (Å²) < 4.78 is 62.1. The van der Waals surface area contributed by atoms with E-state index in [-0.39, 0.29) is 52.4 Å². The molecule has 0 spiro atoms. The second-order valence-corrected chi connectivity index (χ2v) is 13.6. The predicted molar refractivity (Wildman–Crippen MR) is 151 cm³/mol. The van der Waals surface area contributed by atoms with Crippen LogP contribution in [0.3, 0.4) is 0 Å². The Balaban J connectivity index is 1.68. The average Bonchev–Trinajstić information content (AvgIpc) is 2.95. The van der Waals surface area contributed by atoms with Gasteiger partial charge >= 0.3 is 0 Å². The minimum Gasteiger partial charge on any atom is -0.488 e. The molecule has 1 amide bonds. The molecule has 3 atom stereocenters. The largest absolute Gasteiger partial charge is 0.488 e. The Kier molecular flexibility index (Phi) is 8.83. The second-order valence-electron chi connectivity index (χ2n) is 9.85. The third-order valence-corrected chi connectivity index (χ3v) is 10.1. The summed E-state index contributed by atoms with van der Waals surface area (Å²) in [5.74, 6) is -0.562. The van der Waals surface area contributed by atoms with E-state index < -0.39 is 38.1 Å². The number of likely N-dealkylation sites (N-methyl/N-ethyl adjacent to an activating group) is 1. The molecule has 214 valence electrons. The molecular weight excluding hydrogens is 554 g/mol. The Labute approximate surface area is 235 Å². The summed E-state index contributed by atoms with van der Waals surface area (Å²) in [6.07, 6.45) is -0.657. The van der Waals surface area contributed by atoms with Crippen LogP contribution in [-0.4, -0.2) is 75.9 Å². The Morgan fingerprint density at radius 3 is 2.20 bits per heavy atom. The highest BCUT2D eigenvalue weighted by atomic mass is 32.2. The third-order valence-electron chi connectivity index (χ3n) is 6.86. The molecule has 4 rings (SSSR count). The van der Waals surface area contributed by atoms with Crippen molar-refractivity contribution in [2.24, 2.45) is 5.92 Å². The highest BCUT2D eigenvalue weighted by molar-refractivity contribution is 7.92. The lowest BCUT2D eigenvalue weighted by Crippen LogP contribution is -2.50. The molecule has 0 radical (unpaired) electrons. The van der Waals surface area contributed by atoms with Gasteiger partial charge in [0.05, 0.1) is 34.5 Å². The fraction of sp³-hybridized carbons (Fsp3) is 0.321. The number of rotatable bonds is 9. The summed E-state index contributed by atoms with van der Waals surface area (Å²) in [4.78, 5) is 15.4. The number of ether oxygens (including phenoxy) is 1. The number of sulfonamides is 2. The van der Waals surface area contributed by atoms with E-state index in [0.29, 0.717) is 0 Å². The molecule has 0 saturated carbocycles. The van der Waals surface area contributed by atoms with Crippen LogP contribution in [0.2, 0.25) is 0 Å².